The topological polar surface area (TPSA) is 73.7 Å². The van der Waals surface area contributed by atoms with E-state index in [9.17, 15) is 23.8 Å². The molecule has 0 bridgehead atoms. The molecule has 2 atom stereocenters. The van der Waals surface area contributed by atoms with Crippen LogP contribution in [0.4, 0.5) is 14.6 Å². The summed E-state index contributed by atoms with van der Waals surface area (Å²) in [7, 11) is 0. The van der Waals surface area contributed by atoms with Gasteiger partial charge >= 0.3 is 5.97 Å². The van der Waals surface area contributed by atoms with Crippen molar-refractivity contribution >= 4 is 23.4 Å². The van der Waals surface area contributed by atoms with Crippen LogP contribution in [0.1, 0.15) is 12.0 Å². The number of piperidine rings is 1. The van der Waals surface area contributed by atoms with Gasteiger partial charge in [0.25, 0.3) is 0 Å². The van der Waals surface area contributed by atoms with Crippen LogP contribution in [-0.4, -0.2) is 40.4 Å². The quantitative estimate of drug-likeness (QED) is 0.850. The van der Waals surface area contributed by atoms with E-state index in [4.69, 9.17) is 11.6 Å². The molecule has 8 heteroatoms. The number of benzene rings is 1. The van der Waals surface area contributed by atoms with Crippen LogP contribution in [0, 0.1) is 17.0 Å². The molecule has 1 aliphatic heterocycles. The Morgan fingerprint density at radius 1 is 1.38 bits per heavy atom. The average Bonchev–Trinajstić information content (AvgIpc) is 2.57. The fraction of sp³-hybridized carbons (Fsp3) is 0.333. The second-order valence-corrected chi connectivity index (χ2v) is 6.89. The SMILES string of the molecule is O=C(O)[C@]1(Cc2cccc(F)c2)CN(c2ncc(Cl)cc2F)CC[C@H]1O. The summed E-state index contributed by atoms with van der Waals surface area (Å²) in [6, 6.07) is 6.67. The molecule has 1 aromatic heterocycles. The summed E-state index contributed by atoms with van der Waals surface area (Å²) in [6.45, 7) is 0.0798. The Kier molecular flexibility index (Phi) is 5.11. The number of hydrogen-bond donors (Lipinski definition) is 2. The molecule has 1 aromatic carbocycles. The van der Waals surface area contributed by atoms with Crippen molar-refractivity contribution in [3.05, 3.63) is 58.7 Å². The third-order valence-corrected chi connectivity index (χ3v) is 4.91. The molecule has 1 saturated heterocycles. The van der Waals surface area contributed by atoms with Gasteiger partial charge in [0.05, 0.1) is 11.1 Å². The summed E-state index contributed by atoms with van der Waals surface area (Å²) in [5.74, 6) is -2.41. The molecule has 1 aliphatic rings. The number of rotatable bonds is 4. The Morgan fingerprint density at radius 3 is 2.81 bits per heavy atom. The first-order valence-electron chi connectivity index (χ1n) is 8.04. The number of nitrogens with zero attached hydrogens (tertiary/aromatic N) is 2. The molecule has 1 fully saturated rings. The van der Waals surface area contributed by atoms with Crippen LogP contribution in [0.3, 0.4) is 0 Å². The first-order chi connectivity index (χ1) is 12.3. The zero-order valence-corrected chi connectivity index (χ0v) is 14.5. The Bertz CT molecular complexity index is 836. The lowest BCUT2D eigenvalue weighted by Crippen LogP contribution is -2.57. The summed E-state index contributed by atoms with van der Waals surface area (Å²) in [4.78, 5) is 17.5. The summed E-state index contributed by atoms with van der Waals surface area (Å²) in [5, 5.41) is 20.4. The highest BCUT2D eigenvalue weighted by Gasteiger charge is 2.49. The fourth-order valence-electron chi connectivity index (χ4n) is 3.37. The number of aliphatic hydroxyl groups is 1. The van der Waals surface area contributed by atoms with E-state index in [1.54, 1.807) is 6.07 Å². The second-order valence-electron chi connectivity index (χ2n) is 6.45. The molecule has 2 N–H and O–H groups in total. The number of aliphatic carboxylic acids is 1. The van der Waals surface area contributed by atoms with Crippen molar-refractivity contribution in [2.24, 2.45) is 5.41 Å². The number of pyridine rings is 1. The summed E-state index contributed by atoms with van der Waals surface area (Å²) in [6.07, 6.45) is 0.146. The van der Waals surface area contributed by atoms with Gasteiger partial charge in [0.2, 0.25) is 0 Å². The lowest BCUT2D eigenvalue weighted by atomic mass is 9.73. The van der Waals surface area contributed by atoms with Crippen LogP contribution < -0.4 is 4.90 Å². The van der Waals surface area contributed by atoms with E-state index in [0.29, 0.717) is 5.56 Å². The van der Waals surface area contributed by atoms with E-state index in [1.165, 1.54) is 29.3 Å². The van der Waals surface area contributed by atoms with Crippen molar-refractivity contribution < 1.29 is 23.8 Å². The van der Waals surface area contributed by atoms with Crippen molar-refractivity contribution in [2.45, 2.75) is 18.9 Å². The molecule has 0 radical (unpaired) electrons. The van der Waals surface area contributed by atoms with Crippen LogP contribution in [-0.2, 0) is 11.2 Å². The molecule has 0 amide bonds. The van der Waals surface area contributed by atoms with E-state index in [2.05, 4.69) is 4.98 Å². The van der Waals surface area contributed by atoms with Crippen molar-refractivity contribution in [2.75, 3.05) is 18.0 Å². The standard InChI is InChI=1S/C18H17ClF2N2O3/c19-12-7-14(21)16(22-9-12)23-5-4-15(24)18(10-23,17(25)26)8-11-2-1-3-13(20)6-11/h1-3,6-7,9,15,24H,4-5,8,10H2,(H,25,26)/t15-,18-/m1/s1. The minimum atomic E-state index is -1.61. The lowest BCUT2D eigenvalue weighted by Gasteiger charge is -2.44. The summed E-state index contributed by atoms with van der Waals surface area (Å²) >= 11 is 5.72. The van der Waals surface area contributed by atoms with Gasteiger partial charge in [-0.3, -0.25) is 4.79 Å². The molecule has 3 rings (SSSR count). The molecular formula is C18H17ClF2N2O3. The number of carbonyl (C=O) groups is 1. The minimum Gasteiger partial charge on any atom is -0.481 e. The molecular weight excluding hydrogens is 366 g/mol. The minimum absolute atomic E-state index is 0.0221. The van der Waals surface area contributed by atoms with Gasteiger partial charge in [0.1, 0.15) is 11.2 Å². The number of halogens is 3. The van der Waals surface area contributed by atoms with Gasteiger partial charge in [0, 0.05) is 19.3 Å². The van der Waals surface area contributed by atoms with Crippen molar-refractivity contribution in [1.82, 2.24) is 4.98 Å². The lowest BCUT2D eigenvalue weighted by molar-refractivity contribution is -0.157. The van der Waals surface area contributed by atoms with Crippen LogP contribution in [0.5, 0.6) is 0 Å². The molecule has 5 nitrogen and oxygen atoms in total. The van der Waals surface area contributed by atoms with Crippen molar-refractivity contribution in [1.29, 1.82) is 0 Å². The highest BCUT2D eigenvalue weighted by Crippen LogP contribution is 2.37. The average molecular weight is 383 g/mol. The monoisotopic (exact) mass is 382 g/mol. The predicted octanol–water partition coefficient (Wildman–Crippen LogP) is 2.90. The molecule has 0 saturated carbocycles. The van der Waals surface area contributed by atoms with E-state index in [0.717, 1.165) is 6.07 Å². The van der Waals surface area contributed by atoms with Gasteiger partial charge in [0.15, 0.2) is 11.6 Å². The molecule has 26 heavy (non-hydrogen) atoms. The largest absolute Gasteiger partial charge is 0.481 e. The Hall–Kier alpha value is -2.25. The van der Waals surface area contributed by atoms with Gasteiger partial charge in [-0.25, -0.2) is 13.8 Å². The number of hydrogen-bond acceptors (Lipinski definition) is 4. The first-order valence-corrected chi connectivity index (χ1v) is 8.41. The predicted molar refractivity (Wildman–Crippen MR) is 92.2 cm³/mol. The number of aliphatic hydroxyl groups excluding tert-OH is 1. The maximum Gasteiger partial charge on any atom is 0.314 e. The third-order valence-electron chi connectivity index (χ3n) is 4.71. The van der Waals surface area contributed by atoms with E-state index in [1.807, 2.05) is 0 Å². The fourth-order valence-corrected chi connectivity index (χ4v) is 3.52. The van der Waals surface area contributed by atoms with E-state index in [-0.39, 0.29) is 36.8 Å². The zero-order chi connectivity index (χ0) is 18.9. The number of anilines is 1. The maximum atomic E-state index is 14.2. The van der Waals surface area contributed by atoms with Crippen molar-refractivity contribution in [3.63, 3.8) is 0 Å². The third kappa shape index (κ3) is 3.50. The van der Waals surface area contributed by atoms with Crippen LogP contribution in [0.15, 0.2) is 36.5 Å². The van der Waals surface area contributed by atoms with E-state index >= 15 is 0 Å². The van der Waals surface area contributed by atoms with E-state index < -0.39 is 29.1 Å². The van der Waals surface area contributed by atoms with Gasteiger partial charge in [-0.2, -0.15) is 0 Å². The Morgan fingerprint density at radius 2 is 2.15 bits per heavy atom. The maximum absolute atomic E-state index is 14.2. The summed E-state index contributed by atoms with van der Waals surface area (Å²) in [5.41, 5.74) is -1.17. The normalized spacial score (nSPS) is 23.1. The number of carboxylic acid groups (broad SMARTS) is 1. The van der Waals surface area contributed by atoms with Gasteiger partial charge in [-0.15, -0.1) is 0 Å². The molecule has 0 spiro atoms. The van der Waals surface area contributed by atoms with Crippen molar-refractivity contribution in [3.8, 4) is 0 Å². The molecule has 2 heterocycles. The smallest absolute Gasteiger partial charge is 0.314 e. The highest BCUT2D eigenvalue weighted by atomic mass is 35.5. The molecule has 2 aromatic rings. The summed E-state index contributed by atoms with van der Waals surface area (Å²) < 4.78 is 27.7. The van der Waals surface area contributed by atoms with Crippen LogP contribution in [0.2, 0.25) is 5.02 Å². The van der Waals surface area contributed by atoms with Crippen LogP contribution in [0.25, 0.3) is 0 Å². The first kappa shape index (κ1) is 18.5. The number of carboxylic acids is 1. The molecule has 0 aliphatic carbocycles. The zero-order valence-electron chi connectivity index (χ0n) is 13.7. The molecule has 138 valence electrons. The van der Waals surface area contributed by atoms with Gasteiger partial charge < -0.3 is 15.1 Å². The van der Waals surface area contributed by atoms with Gasteiger partial charge in [-0.1, -0.05) is 23.7 Å². The van der Waals surface area contributed by atoms with Crippen LogP contribution >= 0.6 is 11.6 Å². The molecule has 0 unspecified atom stereocenters. The van der Waals surface area contributed by atoms with Gasteiger partial charge in [-0.05, 0) is 36.6 Å². The Balaban J connectivity index is 1.96. The highest BCUT2D eigenvalue weighted by molar-refractivity contribution is 6.30. The second kappa shape index (κ2) is 7.17. The Labute approximate surface area is 153 Å². The number of aromatic nitrogens is 1.